The average Bonchev–Trinajstić information content (AvgIpc) is 2.75. The molecule has 0 radical (unpaired) electrons. The highest BCUT2D eigenvalue weighted by molar-refractivity contribution is 5.87. The highest BCUT2D eigenvalue weighted by Gasteiger charge is 2.15. The Labute approximate surface area is 95.9 Å². The van der Waals surface area contributed by atoms with Gasteiger partial charge < -0.3 is 9.73 Å². The number of nitrogens with one attached hydrogen (secondary N) is 1. The fraction of sp³-hybridized carbons (Fsp3) is 0.462. The number of rotatable bonds is 4. The van der Waals surface area contributed by atoms with Gasteiger partial charge >= 0.3 is 0 Å². The van der Waals surface area contributed by atoms with E-state index in [1.807, 2.05) is 12.1 Å². The van der Waals surface area contributed by atoms with Gasteiger partial charge in [-0.15, -0.1) is 0 Å². The molecule has 0 bridgehead atoms. The Kier molecular flexibility index (Phi) is 2.86. The summed E-state index contributed by atoms with van der Waals surface area (Å²) in [6.45, 7) is 7.61. The Balaban J connectivity index is 2.18. The van der Waals surface area contributed by atoms with Gasteiger partial charge in [0.25, 0.3) is 0 Å². The zero-order chi connectivity index (χ0) is 11.6. The number of nitrogens with zero attached hydrogens (tertiary/aromatic N) is 1. The van der Waals surface area contributed by atoms with E-state index < -0.39 is 0 Å². The van der Waals surface area contributed by atoms with E-state index in [1.165, 1.54) is 0 Å². The van der Waals surface area contributed by atoms with Crippen LogP contribution < -0.4 is 5.32 Å². The minimum Gasteiger partial charge on any atom is -0.464 e. The van der Waals surface area contributed by atoms with Crippen molar-refractivity contribution in [1.82, 2.24) is 4.98 Å². The molecule has 2 heterocycles. The van der Waals surface area contributed by atoms with Gasteiger partial charge in [-0.2, -0.15) is 0 Å². The molecule has 2 rings (SSSR count). The molecule has 0 saturated heterocycles. The molecular weight excluding hydrogens is 200 g/mol. The van der Waals surface area contributed by atoms with Gasteiger partial charge in [-0.25, -0.2) is 4.98 Å². The van der Waals surface area contributed by atoms with Gasteiger partial charge in [0.2, 0.25) is 0 Å². The molecule has 2 aromatic rings. The molecule has 0 saturated carbocycles. The first-order valence-corrected chi connectivity index (χ1v) is 5.68. The van der Waals surface area contributed by atoms with E-state index in [0.717, 1.165) is 29.8 Å². The van der Waals surface area contributed by atoms with Crippen LogP contribution in [0, 0.1) is 5.41 Å². The van der Waals surface area contributed by atoms with Crippen LogP contribution in [0.1, 0.15) is 27.2 Å². The molecule has 0 amide bonds. The Morgan fingerprint density at radius 3 is 2.94 bits per heavy atom. The van der Waals surface area contributed by atoms with Crippen molar-refractivity contribution < 1.29 is 4.42 Å². The Morgan fingerprint density at radius 2 is 2.19 bits per heavy atom. The highest BCUT2D eigenvalue weighted by atomic mass is 16.3. The van der Waals surface area contributed by atoms with Gasteiger partial charge in [0, 0.05) is 12.7 Å². The number of anilines is 1. The fourth-order valence-corrected chi connectivity index (χ4v) is 1.48. The van der Waals surface area contributed by atoms with Crippen molar-refractivity contribution in [1.29, 1.82) is 0 Å². The zero-order valence-electron chi connectivity index (χ0n) is 10.1. The number of fused-ring (bicyclic) bond motifs is 1. The third kappa shape index (κ3) is 2.18. The van der Waals surface area contributed by atoms with Crippen molar-refractivity contribution in [2.45, 2.75) is 27.2 Å². The Hall–Kier alpha value is -1.51. The predicted molar refractivity (Wildman–Crippen MR) is 66.6 cm³/mol. The van der Waals surface area contributed by atoms with Crippen LogP contribution >= 0.6 is 0 Å². The van der Waals surface area contributed by atoms with E-state index in [-0.39, 0.29) is 5.41 Å². The summed E-state index contributed by atoms with van der Waals surface area (Å²) < 4.78 is 5.34. The quantitative estimate of drug-likeness (QED) is 0.850. The summed E-state index contributed by atoms with van der Waals surface area (Å²) in [4.78, 5) is 4.35. The second kappa shape index (κ2) is 4.16. The molecule has 0 fully saturated rings. The number of aromatic nitrogens is 1. The molecule has 0 spiro atoms. The number of furan rings is 1. The van der Waals surface area contributed by atoms with Crippen molar-refractivity contribution in [2.75, 3.05) is 11.9 Å². The summed E-state index contributed by atoms with van der Waals surface area (Å²) in [7, 11) is 0. The van der Waals surface area contributed by atoms with Crippen LogP contribution in [-0.4, -0.2) is 11.5 Å². The molecule has 2 aromatic heterocycles. The first-order chi connectivity index (χ1) is 7.62. The molecule has 0 aromatic carbocycles. The van der Waals surface area contributed by atoms with Gasteiger partial charge in [-0.3, -0.25) is 0 Å². The molecule has 16 heavy (non-hydrogen) atoms. The smallest absolute Gasteiger partial charge is 0.139 e. The summed E-state index contributed by atoms with van der Waals surface area (Å²) in [6, 6.07) is 3.83. The van der Waals surface area contributed by atoms with Gasteiger partial charge in [-0.05, 0) is 24.0 Å². The van der Waals surface area contributed by atoms with Gasteiger partial charge in [0.15, 0.2) is 0 Å². The molecule has 86 valence electrons. The van der Waals surface area contributed by atoms with Crippen molar-refractivity contribution in [2.24, 2.45) is 5.41 Å². The molecular formula is C13H18N2O. The summed E-state index contributed by atoms with van der Waals surface area (Å²) in [5.41, 5.74) is 1.17. The second-order valence-electron chi connectivity index (χ2n) is 4.86. The normalized spacial score (nSPS) is 11.9. The predicted octanol–water partition coefficient (Wildman–Crippen LogP) is 3.68. The number of hydrogen-bond acceptors (Lipinski definition) is 3. The lowest BCUT2D eigenvalue weighted by Crippen LogP contribution is -2.22. The molecule has 0 atom stereocenters. The second-order valence-corrected chi connectivity index (χ2v) is 4.86. The molecule has 3 nitrogen and oxygen atoms in total. The summed E-state index contributed by atoms with van der Waals surface area (Å²) in [6.07, 6.45) is 4.61. The molecule has 3 heteroatoms. The van der Waals surface area contributed by atoms with E-state index in [2.05, 4.69) is 31.1 Å². The van der Waals surface area contributed by atoms with Crippen molar-refractivity contribution in [3.63, 3.8) is 0 Å². The summed E-state index contributed by atoms with van der Waals surface area (Å²) in [5, 5.41) is 4.44. The maximum atomic E-state index is 5.34. The van der Waals surface area contributed by atoms with Gasteiger partial charge in [-0.1, -0.05) is 20.8 Å². The average molecular weight is 218 g/mol. The lowest BCUT2D eigenvalue weighted by Gasteiger charge is -2.23. The summed E-state index contributed by atoms with van der Waals surface area (Å²) >= 11 is 0. The molecule has 0 aliphatic rings. The third-order valence-corrected chi connectivity index (χ3v) is 3.07. The largest absolute Gasteiger partial charge is 0.464 e. The Morgan fingerprint density at radius 1 is 1.38 bits per heavy atom. The molecule has 0 aliphatic carbocycles. The van der Waals surface area contributed by atoms with Crippen molar-refractivity contribution >= 4 is 16.8 Å². The van der Waals surface area contributed by atoms with Gasteiger partial charge in [0.1, 0.15) is 11.4 Å². The van der Waals surface area contributed by atoms with Gasteiger partial charge in [0.05, 0.1) is 11.6 Å². The van der Waals surface area contributed by atoms with Crippen molar-refractivity contribution in [3.05, 3.63) is 24.6 Å². The van der Waals surface area contributed by atoms with Crippen molar-refractivity contribution in [3.8, 4) is 0 Å². The maximum absolute atomic E-state index is 5.34. The number of hydrogen-bond donors (Lipinski definition) is 1. The number of pyridine rings is 1. The highest BCUT2D eigenvalue weighted by Crippen LogP contribution is 2.24. The lowest BCUT2D eigenvalue weighted by molar-refractivity contribution is 0.376. The van der Waals surface area contributed by atoms with E-state index >= 15 is 0 Å². The minimum absolute atomic E-state index is 0.285. The minimum atomic E-state index is 0.285. The van der Waals surface area contributed by atoms with E-state index in [4.69, 9.17) is 4.42 Å². The van der Waals surface area contributed by atoms with Crippen LogP contribution in [0.4, 0.5) is 5.82 Å². The van der Waals surface area contributed by atoms with E-state index in [1.54, 1.807) is 12.5 Å². The first-order valence-electron chi connectivity index (χ1n) is 5.68. The van der Waals surface area contributed by atoms with Crippen LogP contribution in [-0.2, 0) is 0 Å². The first kappa shape index (κ1) is 11.0. The lowest BCUT2D eigenvalue weighted by atomic mass is 9.90. The topological polar surface area (TPSA) is 38.1 Å². The maximum Gasteiger partial charge on any atom is 0.139 e. The summed E-state index contributed by atoms with van der Waals surface area (Å²) in [5.74, 6) is 0.910. The zero-order valence-corrected chi connectivity index (χ0v) is 10.1. The van der Waals surface area contributed by atoms with Crippen LogP contribution in [0.2, 0.25) is 0 Å². The van der Waals surface area contributed by atoms with Crippen LogP contribution in [0.25, 0.3) is 11.0 Å². The molecule has 1 N–H and O–H groups in total. The van der Waals surface area contributed by atoms with Crippen LogP contribution in [0.15, 0.2) is 29.0 Å². The Bertz CT molecular complexity index is 473. The standard InChI is InChI=1S/C13H18N2O/c1-4-13(2,3)9-15-12-10-6-8-16-11(10)5-7-14-12/h5-8H,4,9H2,1-3H3,(H,14,15). The van der Waals surface area contributed by atoms with Crippen LogP contribution in [0.3, 0.4) is 0 Å². The monoisotopic (exact) mass is 218 g/mol. The van der Waals surface area contributed by atoms with Crippen LogP contribution in [0.5, 0.6) is 0 Å². The van der Waals surface area contributed by atoms with E-state index in [0.29, 0.717) is 0 Å². The third-order valence-electron chi connectivity index (χ3n) is 3.07. The molecule has 0 unspecified atom stereocenters. The van der Waals surface area contributed by atoms with E-state index in [9.17, 15) is 0 Å². The SMILES string of the molecule is CCC(C)(C)CNc1nccc2occc12. The fourth-order valence-electron chi connectivity index (χ4n) is 1.48. The molecule has 0 aliphatic heterocycles.